The Morgan fingerprint density at radius 2 is 1.66 bits per heavy atom. The lowest BCUT2D eigenvalue weighted by atomic mass is 9.97. The van der Waals surface area contributed by atoms with Crippen LogP contribution >= 0.6 is 11.3 Å². The first-order valence-electron chi connectivity index (χ1n) is 11.2. The minimum absolute atomic E-state index is 0.0856. The Morgan fingerprint density at radius 1 is 1.00 bits per heavy atom. The molecule has 8 nitrogen and oxygen atoms in total. The van der Waals surface area contributed by atoms with Gasteiger partial charge in [-0.1, -0.05) is 38.5 Å². The van der Waals surface area contributed by atoms with Crippen LogP contribution in [0.1, 0.15) is 46.7 Å². The van der Waals surface area contributed by atoms with Gasteiger partial charge in [0.2, 0.25) is 0 Å². The van der Waals surface area contributed by atoms with Crippen LogP contribution in [-0.4, -0.2) is 47.9 Å². The molecular formula is C26H26N2O6S. The predicted octanol–water partition coefficient (Wildman–Crippen LogP) is 4.58. The number of hydrogen-bond donors (Lipinski definition) is 0. The molecule has 0 saturated heterocycles. The zero-order valence-electron chi connectivity index (χ0n) is 19.9. The van der Waals surface area contributed by atoms with E-state index in [-0.39, 0.29) is 12.5 Å². The lowest BCUT2D eigenvalue weighted by Gasteiger charge is -2.28. The first-order valence-corrected chi connectivity index (χ1v) is 12.1. The van der Waals surface area contributed by atoms with E-state index in [9.17, 15) is 14.4 Å². The third-order valence-electron chi connectivity index (χ3n) is 6.08. The Hall–Kier alpha value is -3.72. The average Bonchev–Trinajstić information content (AvgIpc) is 3.46. The van der Waals surface area contributed by atoms with Gasteiger partial charge < -0.3 is 14.2 Å². The van der Waals surface area contributed by atoms with Crippen molar-refractivity contribution >= 4 is 29.1 Å². The molecule has 2 aromatic carbocycles. The minimum atomic E-state index is -1.02. The van der Waals surface area contributed by atoms with Gasteiger partial charge in [0, 0.05) is 5.38 Å². The fraction of sp³-hybridized carbons (Fsp3) is 0.308. The maximum atomic E-state index is 13.2. The summed E-state index contributed by atoms with van der Waals surface area (Å²) in [6.07, 6.45) is 0.587. The molecule has 3 aromatic rings. The summed E-state index contributed by atoms with van der Waals surface area (Å²) < 4.78 is 16.4. The summed E-state index contributed by atoms with van der Waals surface area (Å²) in [6.45, 7) is 3.64. The van der Waals surface area contributed by atoms with E-state index in [1.54, 1.807) is 49.9 Å². The van der Waals surface area contributed by atoms with E-state index in [0.29, 0.717) is 39.7 Å². The summed E-state index contributed by atoms with van der Waals surface area (Å²) in [7, 11) is 3.13. The Balaban J connectivity index is 1.52. The van der Waals surface area contributed by atoms with Crippen molar-refractivity contribution in [1.82, 2.24) is 9.88 Å². The van der Waals surface area contributed by atoms with Crippen molar-refractivity contribution in [1.29, 1.82) is 0 Å². The van der Waals surface area contributed by atoms with E-state index in [1.807, 2.05) is 26.0 Å². The molecule has 1 aliphatic rings. The number of ether oxygens (including phenoxy) is 3. The number of fused-ring (bicyclic) bond motifs is 1. The van der Waals surface area contributed by atoms with Gasteiger partial charge in [0.1, 0.15) is 17.7 Å². The molecule has 9 heteroatoms. The van der Waals surface area contributed by atoms with Crippen LogP contribution in [0.4, 0.5) is 0 Å². The number of thiazole rings is 1. The number of hydrogen-bond acceptors (Lipinski definition) is 8. The fourth-order valence-corrected chi connectivity index (χ4v) is 4.89. The van der Waals surface area contributed by atoms with Gasteiger partial charge in [0.25, 0.3) is 11.8 Å². The fourth-order valence-electron chi connectivity index (χ4n) is 4.06. The second-order valence-electron chi connectivity index (χ2n) is 8.15. The maximum absolute atomic E-state index is 13.2. The van der Waals surface area contributed by atoms with E-state index >= 15 is 0 Å². The third kappa shape index (κ3) is 4.51. The number of benzene rings is 2. The topological polar surface area (TPSA) is 95.0 Å². The molecule has 4 rings (SSSR count). The van der Waals surface area contributed by atoms with Gasteiger partial charge in [-0.25, -0.2) is 9.78 Å². The number of amides is 2. The summed E-state index contributed by atoms with van der Waals surface area (Å²) in [6, 6.07) is 11.1. The molecule has 0 saturated carbocycles. The van der Waals surface area contributed by atoms with Crippen molar-refractivity contribution in [2.75, 3.05) is 14.2 Å². The molecule has 1 aliphatic heterocycles. The van der Waals surface area contributed by atoms with Crippen LogP contribution in [0.2, 0.25) is 0 Å². The Morgan fingerprint density at radius 3 is 2.26 bits per heavy atom. The lowest BCUT2D eigenvalue weighted by molar-refractivity contribution is -0.151. The molecule has 0 radical (unpaired) electrons. The zero-order chi connectivity index (χ0) is 25.1. The standard InChI is InChI=1S/C26H26N2O6S/c1-5-15(2)21(28-24(29)17-9-6-7-10-18(17)25(28)30)26(31)34-13-16-14-35-23(27-16)19-11-8-12-20(32-3)22(19)33-4/h6-12,14-15,21H,5,13H2,1-4H3/t15-,21-/m0/s1. The zero-order valence-corrected chi connectivity index (χ0v) is 20.8. The van der Waals surface area contributed by atoms with Crippen LogP contribution in [-0.2, 0) is 16.1 Å². The number of para-hydroxylation sites is 1. The monoisotopic (exact) mass is 494 g/mol. The minimum Gasteiger partial charge on any atom is -0.493 e. The van der Waals surface area contributed by atoms with Gasteiger partial charge in [0.05, 0.1) is 36.6 Å². The number of esters is 1. The van der Waals surface area contributed by atoms with Gasteiger partial charge in [-0.15, -0.1) is 11.3 Å². The molecule has 0 N–H and O–H groups in total. The third-order valence-corrected chi connectivity index (χ3v) is 7.00. The number of rotatable bonds is 9. The van der Waals surface area contributed by atoms with E-state index in [4.69, 9.17) is 14.2 Å². The highest BCUT2D eigenvalue weighted by atomic mass is 32.1. The molecule has 0 unspecified atom stereocenters. The van der Waals surface area contributed by atoms with Crippen molar-refractivity contribution in [3.8, 4) is 22.1 Å². The summed E-state index contributed by atoms with van der Waals surface area (Å²) in [5, 5.41) is 2.48. The number of aromatic nitrogens is 1. The summed E-state index contributed by atoms with van der Waals surface area (Å²) in [5.41, 5.74) is 1.91. The molecule has 2 heterocycles. The number of carbonyl (C=O) groups excluding carboxylic acids is 3. The van der Waals surface area contributed by atoms with Crippen LogP contribution in [0.3, 0.4) is 0 Å². The number of imide groups is 1. The molecule has 35 heavy (non-hydrogen) atoms. The predicted molar refractivity (Wildman–Crippen MR) is 131 cm³/mol. The van der Waals surface area contributed by atoms with Gasteiger partial charge in [-0.3, -0.25) is 14.5 Å². The van der Waals surface area contributed by atoms with Crippen LogP contribution in [0.5, 0.6) is 11.5 Å². The summed E-state index contributed by atoms with van der Waals surface area (Å²) in [5.74, 6) is -0.720. The number of methoxy groups -OCH3 is 2. The van der Waals surface area contributed by atoms with Crippen LogP contribution < -0.4 is 9.47 Å². The summed E-state index contributed by atoms with van der Waals surface area (Å²) in [4.78, 5) is 44.8. The van der Waals surface area contributed by atoms with Crippen LogP contribution in [0.25, 0.3) is 10.6 Å². The number of carbonyl (C=O) groups is 3. The molecule has 0 fully saturated rings. The first-order chi connectivity index (χ1) is 16.9. The Labute approximate surface area is 207 Å². The van der Waals surface area contributed by atoms with Crippen molar-refractivity contribution in [3.63, 3.8) is 0 Å². The SMILES string of the molecule is CC[C@H](C)[C@@H](C(=O)OCc1csc(-c2cccc(OC)c2OC)n1)N1C(=O)c2ccccc2C1=O. The van der Waals surface area contributed by atoms with E-state index in [1.165, 1.54) is 11.3 Å². The molecule has 0 bridgehead atoms. The van der Waals surface area contributed by atoms with Crippen molar-refractivity contribution in [2.24, 2.45) is 5.92 Å². The van der Waals surface area contributed by atoms with Crippen LogP contribution in [0, 0.1) is 5.92 Å². The van der Waals surface area contributed by atoms with E-state index < -0.39 is 23.8 Å². The van der Waals surface area contributed by atoms with Gasteiger partial charge >= 0.3 is 5.97 Å². The molecule has 0 spiro atoms. The van der Waals surface area contributed by atoms with E-state index in [0.717, 1.165) is 10.5 Å². The Kier molecular flexibility index (Phi) is 7.16. The molecule has 1 aromatic heterocycles. The maximum Gasteiger partial charge on any atom is 0.330 e. The van der Waals surface area contributed by atoms with Gasteiger partial charge in [-0.2, -0.15) is 0 Å². The summed E-state index contributed by atoms with van der Waals surface area (Å²) >= 11 is 1.38. The van der Waals surface area contributed by atoms with Crippen molar-refractivity contribution in [2.45, 2.75) is 32.9 Å². The van der Waals surface area contributed by atoms with Crippen LogP contribution in [0.15, 0.2) is 47.8 Å². The lowest BCUT2D eigenvalue weighted by Crippen LogP contribution is -2.49. The first kappa shape index (κ1) is 24.4. The molecule has 2 atom stereocenters. The highest BCUT2D eigenvalue weighted by molar-refractivity contribution is 7.13. The van der Waals surface area contributed by atoms with Crippen molar-refractivity contribution < 1.29 is 28.6 Å². The normalized spacial score (nSPS) is 14.5. The highest BCUT2D eigenvalue weighted by Gasteiger charge is 2.45. The second-order valence-corrected chi connectivity index (χ2v) is 9.01. The van der Waals surface area contributed by atoms with E-state index in [2.05, 4.69) is 4.98 Å². The van der Waals surface area contributed by atoms with Gasteiger partial charge in [-0.05, 0) is 30.2 Å². The van der Waals surface area contributed by atoms with Gasteiger partial charge in [0.15, 0.2) is 11.5 Å². The van der Waals surface area contributed by atoms with Crippen molar-refractivity contribution in [3.05, 3.63) is 64.7 Å². The molecular weight excluding hydrogens is 468 g/mol. The molecule has 2 amide bonds. The average molecular weight is 495 g/mol. The smallest absolute Gasteiger partial charge is 0.330 e. The number of nitrogens with zero attached hydrogens (tertiary/aromatic N) is 2. The molecule has 182 valence electrons. The highest BCUT2D eigenvalue weighted by Crippen LogP contribution is 2.39. The molecule has 0 aliphatic carbocycles. The Bertz CT molecular complexity index is 1240. The quantitative estimate of drug-likeness (QED) is 0.317. The second kappa shape index (κ2) is 10.3. The largest absolute Gasteiger partial charge is 0.493 e.